The Morgan fingerprint density at radius 1 is 1.09 bits per heavy atom. The fraction of sp³-hybridized carbons (Fsp3) is 0.514. The molecule has 3 saturated heterocycles. The van der Waals surface area contributed by atoms with Crippen molar-refractivity contribution in [3.05, 3.63) is 96.2 Å². The number of hydrogen-bond acceptors (Lipinski definition) is 10. The molecule has 3 bridgehead atoms. The number of unbranched alkanes of at least 4 members (excludes halogenated alkanes) is 1. The summed E-state index contributed by atoms with van der Waals surface area (Å²) in [6, 6.07) is 9.01. The maximum Gasteiger partial charge on any atom is 0.331 e. The lowest BCUT2D eigenvalue weighted by Gasteiger charge is -2.61. The Kier molecular flexibility index (Phi) is 7.50. The molecule has 250 valence electrons. The first-order valence-electron chi connectivity index (χ1n) is 16.3. The highest BCUT2D eigenvalue weighted by atomic mass is 16.9. The first kappa shape index (κ1) is 32.3. The van der Waals surface area contributed by atoms with Crippen molar-refractivity contribution in [3.63, 3.8) is 0 Å². The van der Waals surface area contributed by atoms with Crippen LogP contribution in [0.15, 0.2) is 90.6 Å². The SMILES string of the molecule is C=C(C)C12OC3(c4ccccc4)OC1[C@@H]1[C@@H]4O[C@]4(CO)[C@@H](O)[C@]4(O)C(=O)C(C)=C[C@H]4C1(O3)[C@H](C)[C@H]2OC(=O)/C=C/C=C/C=C/CCC. The minimum Gasteiger partial charge on any atom is -0.455 e. The van der Waals surface area contributed by atoms with E-state index in [2.05, 4.69) is 13.5 Å². The maximum atomic E-state index is 13.8. The third kappa shape index (κ3) is 4.04. The standard InChI is InChI=1S/C37H42O10/c1-6-7-8-9-10-11-15-18-26(39)43-29-23(5)36-25-19-22(4)28(40)34(25,42)32(41)33(20-38)30(44-33)27(36)31-35(29,21(2)3)46-37(45-31,47-36)24-16-13-12-14-17-24/h8-19,23,25,27,29-32,38,41-42H,2,6-7,20H2,1,3-5H3/b9-8+,11-10+,18-15+/t23-,25-,27+,29-,30+,31?,32-,33+,34-,35?,36?,37?/m1/s1. The van der Waals surface area contributed by atoms with Gasteiger partial charge in [-0.3, -0.25) is 4.79 Å². The summed E-state index contributed by atoms with van der Waals surface area (Å²) in [5.74, 6) is -5.92. The van der Waals surface area contributed by atoms with Gasteiger partial charge in [-0.1, -0.05) is 93.6 Å². The maximum absolute atomic E-state index is 13.8. The molecule has 1 aromatic carbocycles. The number of allylic oxidation sites excluding steroid dienone is 5. The van der Waals surface area contributed by atoms with E-state index in [1.165, 1.54) is 6.08 Å². The minimum absolute atomic E-state index is 0.231. The van der Waals surface area contributed by atoms with Gasteiger partial charge >= 0.3 is 11.9 Å². The molecule has 3 aliphatic heterocycles. The largest absolute Gasteiger partial charge is 0.455 e. The number of carbonyl (C=O) groups is 2. The number of rotatable bonds is 9. The van der Waals surface area contributed by atoms with Crippen LogP contribution in [0.3, 0.4) is 0 Å². The third-order valence-electron chi connectivity index (χ3n) is 11.3. The van der Waals surface area contributed by atoms with Crippen LogP contribution in [0.1, 0.15) is 46.1 Å². The van der Waals surface area contributed by atoms with Gasteiger partial charge in [0.05, 0.1) is 12.2 Å². The number of aliphatic hydroxyl groups is 3. The van der Waals surface area contributed by atoms with Crippen molar-refractivity contribution in [2.75, 3.05) is 6.61 Å². The van der Waals surface area contributed by atoms with Crippen LogP contribution < -0.4 is 0 Å². The second kappa shape index (κ2) is 10.9. The summed E-state index contributed by atoms with van der Waals surface area (Å²) < 4.78 is 33.3. The van der Waals surface area contributed by atoms with Crippen molar-refractivity contribution in [2.24, 2.45) is 17.8 Å². The molecule has 3 aliphatic carbocycles. The minimum atomic E-state index is -2.42. The molecule has 6 aliphatic rings. The average Bonchev–Trinajstić information content (AvgIpc) is 3.68. The van der Waals surface area contributed by atoms with Gasteiger partial charge in [-0.05, 0) is 31.4 Å². The van der Waals surface area contributed by atoms with E-state index in [0.29, 0.717) is 11.1 Å². The van der Waals surface area contributed by atoms with Crippen LogP contribution in [-0.4, -0.2) is 80.5 Å². The number of carbonyl (C=O) groups excluding carboxylic acids is 2. The van der Waals surface area contributed by atoms with Crippen molar-refractivity contribution in [1.82, 2.24) is 0 Å². The lowest BCUT2D eigenvalue weighted by Crippen LogP contribution is -2.76. The molecule has 1 aromatic rings. The molecule has 0 aromatic heterocycles. The van der Waals surface area contributed by atoms with Crippen molar-refractivity contribution >= 4 is 11.8 Å². The summed E-state index contributed by atoms with van der Waals surface area (Å²) in [7, 11) is 0. The van der Waals surface area contributed by atoms with Crippen molar-refractivity contribution in [3.8, 4) is 0 Å². The molecule has 10 heteroatoms. The van der Waals surface area contributed by atoms with Gasteiger partial charge in [0.1, 0.15) is 30.0 Å². The molecule has 3 heterocycles. The predicted molar refractivity (Wildman–Crippen MR) is 168 cm³/mol. The first-order valence-corrected chi connectivity index (χ1v) is 16.3. The molecule has 10 nitrogen and oxygen atoms in total. The highest BCUT2D eigenvalue weighted by Crippen LogP contribution is 2.74. The molecular weight excluding hydrogens is 604 g/mol. The second-order valence-corrected chi connectivity index (χ2v) is 13.8. The average molecular weight is 647 g/mol. The van der Waals surface area contributed by atoms with Gasteiger partial charge in [0.25, 0.3) is 0 Å². The Morgan fingerprint density at radius 2 is 1.81 bits per heavy atom. The highest BCUT2D eigenvalue weighted by Gasteiger charge is 2.90. The number of fused-ring (bicyclic) bond motifs is 3. The lowest BCUT2D eigenvalue weighted by molar-refractivity contribution is -0.440. The number of ketones is 1. The number of hydrogen-bond donors (Lipinski definition) is 3. The van der Waals surface area contributed by atoms with Gasteiger partial charge in [-0.25, -0.2) is 4.79 Å². The summed E-state index contributed by atoms with van der Waals surface area (Å²) in [5, 5.41) is 34.9. The van der Waals surface area contributed by atoms with Crippen molar-refractivity contribution < 1.29 is 48.6 Å². The monoisotopic (exact) mass is 646 g/mol. The summed E-state index contributed by atoms with van der Waals surface area (Å²) in [6.07, 6.45) is 9.29. The zero-order chi connectivity index (χ0) is 33.6. The number of Topliss-reactive ketones (excluding diaryl/α,β-unsaturated/α-hetero) is 1. The number of aliphatic hydroxyl groups excluding tert-OH is 2. The van der Waals surface area contributed by atoms with Crippen LogP contribution in [-0.2, 0) is 39.2 Å². The summed E-state index contributed by atoms with van der Waals surface area (Å²) >= 11 is 0. The molecule has 4 unspecified atom stereocenters. The summed E-state index contributed by atoms with van der Waals surface area (Å²) in [6.45, 7) is 10.9. The predicted octanol–water partition coefficient (Wildman–Crippen LogP) is 3.32. The van der Waals surface area contributed by atoms with E-state index < -0.39 is 88.9 Å². The topological polar surface area (TPSA) is 144 Å². The normalized spacial score (nSPS) is 46.0. The van der Waals surface area contributed by atoms with Crippen LogP contribution in [0.2, 0.25) is 0 Å². The fourth-order valence-electron chi connectivity index (χ4n) is 9.08. The van der Waals surface area contributed by atoms with Gasteiger partial charge in [-0.2, -0.15) is 0 Å². The molecule has 0 spiro atoms. The zero-order valence-corrected chi connectivity index (χ0v) is 27.0. The lowest BCUT2D eigenvalue weighted by atomic mass is 9.53. The van der Waals surface area contributed by atoms with E-state index >= 15 is 0 Å². The Bertz CT molecular complexity index is 1610. The Balaban J connectivity index is 1.40. The van der Waals surface area contributed by atoms with Gasteiger partial charge in [0.15, 0.2) is 17.0 Å². The molecule has 5 fully saturated rings. The van der Waals surface area contributed by atoms with Crippen molar-refractivity contribution in [1.29, 1.82) is 0 Å². The zero-order valence-electron chi connectivity index (χ0n) is 27.0. The van der Waals surface area contributed by atoms with E-state index in [4.69, 9.17) is 23.7 Å². The van der Waals surface area contributed by atoms with Crippen LogP contribution in [0.4, 0.5) is 0 Å². The number of esters is 1. The van der Waals surface area contributed by atoms with E-state index in [1.807, 2.05) is 31.2 Å². The van der Waals surface area contributed by atoms with E-state index in [9.17, 15) is 24.9 Å². The van der Waals surface area contributed by atoms with Crippen LogP contribution >= 0.6 is 0 Å². The molecule has 2 saturated carbocycles. The summed E-state index contributed by atoms with van der Waals surface area (Å²) in [5.41, 5.74) is -5.90. The summed E-state index contributed by atoms with van der Waals surface area (Å²) in [4.78, 5) is 27.4. The van der Waals surface area contributed by atoms with E-state index in [1.54, 1.807) is 56.3 Å². The number of benzene rings is 1. The van der Waals surface area contributed by atoms with Crippen molar-refractivity contribution in [2.45, 2.75) is 93.3 Å². The molecule has 3 N–H and O–H groups in total. The van der Waals surface area contributed by atoms with Crippen LogP contribution in [0.5, 0.6) is 0 Å². The molecule has 7 rings (SSSR count). The quantitative estimate of drug-likeness (QED) is 0.120. The number of epoxide rings is 1. The van der Waals surface area contributed by atoms with Gasteiger partial charge < -0.3 is 39.0 Å². The van der Waals surface area contributed by atoms with E-state index in [0.717, 1.165) is 12.8 Å². The molecule has 12 atom stereocenters. The van der Waals surface area contributed by atoms with Crippen LogP contribution in [0.25, 0.3) is 0 Å². The Morgan fingerprint density at radius 3 is 2.49 bits per heavy atom. The smallest absolute Gasteiger partial charge is 0.331 e. The first-order chi connectivity index (χ1) is 22.4. The molecular formula is C37H42O10. The molecule has 0 radical (unpaired) electrons. The Labute approximate surface area is 274 Å². The molecule has 0 amide bonds. The highest BCUT2D eigenvalue weighted by molar-refractivity contribution is 6.05. The third-order valence-corrected chi connectivity index (χ3v) is 11.3. The van der Waals surface area contributed by atoms with Gasteiger partial charge in [-0.15, -0.1) is 0 Å². The van der Waals surface area contributed by atoms with Gasteiger partial charge in [0, 0.05) is 29.4 Å². The number of ether oxygens (including phenoxy) is 5. The molecule has 47 heavy (non-hydrogen) atoms. The Hall–Kier alpha value is -3.22. The van der Waals surface area contributed by atoms with Gasteiger partial charge in [0.2, 0.25) is 0 Å². The second-order valence-electron chi connectivity index (χ2n) is 13.8. The van der Waals surface area contributed by atoms with Crippen LogP contribution in [0, 0.1) is 17.8 Å². The fourth-order valence-corrected chi connectivity index (χ4v) is 9.08. The van der Waals surface area contributed by atoms with E-state index in [-0.39, 0.29) is 5.57 Å².